The van der Waals surface area contributed by atoms with Gasteiger partial charge in [-0.05, 0) is 40.8 Å². The SMILES string of the molecule is CC(C)(C)c1cc(-c2ccc(O)c(O)c2)cc(O)c1O. The first-order valence-corrected chi connectivity index (χ1v) is 6.29. The van der Waals surface area contributed by atoms with Gasteiger partial charge in [0, 0.05) is 5.56 Å². The van der Waals surface area contributed by atoms with Crippen LogP contribution in [0.25, 0.3) is 11.1 Å². The van der Waals surface area contributed by atoms with Gasteiger partial charge in [0.15, 0.2) is 23.0 Å². The summed E-state index contributed by atoms with van der Waals surface area (Å²) in [6, 6.07) is 7.61. The number of rotatable bonds is 1. The van der Waals surface area contributed by atoms with Crippen LogP contribution in [0.15, 0.2) is 30.3 Å². The van der Waals surface area contributed by atoms with E-state index in [1.165, 1.54) is 18.2 Å². The van der Waals surface area contributed by atoms with E-state index in [1.54, 1.807) is 12.1 Å². The third-order valence-corrected chi connectivity index (χ3v) is 3.21. The molecular formula is C16H18O4. The van der Waals surface area contributed by atoms with E-state index < -0.39 is 0 Å². The summed E-state index contributed by atoms with van der Waals surface area (Å²) in [7, 11) is 0. The van der Waals surface area contributed by atoms with Crippen molar-refractivity contribution in [1.29, 1.82) is 0 Å². The van der Waals surface area contributed by atoms with Gasteiger partial charge in [0.25, 0.3) is 0 Å². The Kier molecular flexibility index (Phi) is 3.26. The summed E-state index contributed by atoms with van der Waals surface area (Å²) < 4.78 is 0. The maximum Gasteiger partial charge on any atom is 0.161 e. The van der Waals surface area contributed by atoms with Gasteiger partial charge in [0.05, 0.1) is 0 Å². The second kappa shape index (κ2) is 4.63. The molecule has 2 aromatic carbocycles. The molecule has 2 aromatic rings. The molecule has 4 nitrogen and oxygen atoms in total. The highest BCUT2D eigenvalue weighted by atomic mass is 16.3. The molecule has 2 rings (SSSR count). The molecule has 0 aliphatic carbocycles. The van der Waals surface area contributed by atoms with E-state index in [1.807, 2.05) is 20.8 Å². The Morgan fingerprint density at radius 3 is 1.85 bits per heavy atom. The van der Waals surface area contributed by atoms with E-state index in [9.17, 15) is 20.4 Å². The van der Waals surface area contributed by atoms with Gasteiger partial charge < -0.3 is 20.4 Å². The van der Waals surface area contributed by atoms with Crippen LogP contribution >= 0.6 is 0 Å². The van der Waals surface area contributed by atoms with Crippen molar-refractivity contribution in [2.75, 3.05) is 0 Å². The molecule has 0 radical (unpaired) electrons. The molecule has 0 aliphatic heterocycles. The van der Waals surface area contributed by atoms with E-state index in [2.05, 4.69) is 0 Å². The monoisotopic (exact) mass is 274 g/mol. The smallest absolute Gasteiger partial charge is 0.161 e. The highest BCUT2D eigenvalue weighted by molar-refractivity contribution is 5.71. The number of aromatic hydroxyl groups is 4. The molecule has 4 N–H and O–H groups in total. The molecule has 0 amide bonds. The topological polar surface area (TPSA) is 80.9 Å². The minimum atomic E-state index is -0.337. The Labute approximate surface area is 117 Å². The van der Waals surface area contributed by atoms with Crippen molar-refractivity contribution >= 4 is 0 Å². The first kappa shape index (κ1) is 14.1. The van der Waals surface area contributed by atoms with E-state index >= 15 is 0 Å². The Balaban J connectivity index is 2.63. The number of phenols is 4. The van der Waals surface area contributed by atoms with Crippen molar-refractivity contribution in [1.82, 2.24) is 0 Å². The third-order valence-electron chi connectivity index (χ3n) is 3.21. The number of phenolic OH excluding ortho intramolecular Hbond substituents is 4. The molecule has 0 saturated carbocycles. The van der Waals surface area contributed by atoms with Crippen molar-refractivity contribution in [3.63, 3.8) is 0 Å². The summed E-state index contributed by atoms with van der Waals surface area (Å²) in [5, 5.41) is 38.7. The van der Waals surface area contributed by atoms with E-state index in [0.29, 0.717) is 16.7 Å². The van der Waals surface area contributed by atoms with Crippen LogP contribution in [-0.2, 0) is 5.41 Å². The summed E-state index contributed by atoms with van der Waals surface area (Å²) in [5.41, 5.74) is 1.57. The number of hydrogen-bond acceptors (Lipinski definition) is 4. The lowest BCUT2D eigenvalue weighted by atomic mass is 9.84. The van der Waals surface area contributed by atoms with Crippen LogP contribution < -0.4 is 0 Å². The Bertz CT molecular complexity index is 654. The average Bonchev–Trinajstić information content (AvgIpc) is 2.34. The second-order valence-electron chi connectivity index (χ2n) is 5.85. The molecule has 0 bridgehead atoms. The molecule has 0 saturated heterocycles. The summed E-state index contributed by atoms with van der Waals surface area (Å²) in [6.45, 7) is 5.79. The van der Waals surface area contributed by atoms with Gasteiger partial charge in [-0.2, -0.15) is 0 Å². The van der Waals surface area contributed by atoms with Gasteiger partial charge in [-0.1, -0.05) is 26.8 Å². The Morgan fingerprint density at radius 1 is 0.700 bits per heavy atom. The zero-order valence-electron chi connectivity index (χ0n) is 11.7. The van der Waals surface area contributed by atoms with Crippen LogP contribution in [0.5, 0.6) is 23.0 Å². The molecule has 0 heterocycles. The van der Waals surface area contributed by atoms with Crippen LogP contribution in [-0.4, -0.2) is 20.4 Å². The Morgan fingerprint density at radius 2 is 1.30 bits per heavy atom. The molecule has 0 spiro atoms. The maximum absolute atomic E-state index is 9.96. The van der Waals surface area contributed by atoms with Crippen LogP contribution in [0, 0.1) is 0 Å². The number of hydrogen-bond donors (Lipinski definition) is 4. The fourth-order valence-electron chi connectivity index (χ4n) is 2.06. The second-order valence-corrected chi connectivity index (χ2v) is 5.85. The average molecular weight is 274 g/mol. The molecule has 0 aliphatic rings. The fourth-order valence-corrected chi connectivity index (χ4v) is 2.06. The zero-order chi connectivity index (χ0) is 15.1. The van der Waals surface area contributed by atoms with Gasteiger partial charge in [-0.25, -0.2) is 0 Å². The van der Waals surface area contributed by atoms with Crippen LogP contribution in [0.3, 0.4) is 0 Å². The Hall–Kier alpha value is -2.36. The first-order valence-electron chi connectivity index (χ1n) is 6.29. The molecule has 0 unspecified atom stereocenters. The van der Waals surface area contributed by atoms with Crippen molar-refractivity contribution in [2.45, 2.75) is 26.2 Å². The lowest BCUT2D eigenvalue weighted by Crippen LogP contribution is -2.11. The summed E-state index contributed by atoms with van der Waals surface area (Å²) in [6.07, 6.45) is 0. The molecule has 0 aromatic heterocycles. The van der Waals surface area contributed by atoms with Crippen molar-refractivity contribution in [3.8, 4) is 34.1 Å². The highest BCUT2D eigenvalue weighted by Crippen LogP contribution is 2.41. The molecule has 20 heavy (non-hydrogen) atoms. The van der Waals surface area contributed by atoms with Gasteiger partial charge >= 0.3 is 0 Å². The van der Waals surface area contributed by atoms with Crippen molar-refractivity contribution < 1.29 is 20.4 Å². The highest BCUT2D eigenvalue weighted by Gasteiger charge is 2.21. The van der Waals surface area contributed by atoms with E-state index in [0.717, 1.165) is 0 Å². The van der Waals surface area contributed by atoms with Crippen LogP contribution in [0.4, 0.5) is 0 Å². The minimum absolute atomic E-state index is 0.135. The molecule has 0 atom stereocenters. The van der Waals surface area contributed by atoms with Crippen LogP contribution in [0.2, 0.25) is 0 Å². The fraction of sp³-hybridized carbons (Fsp3) is 0.250. The van der Waals surface area contributed by atoms with Crippen molar-refractivity contribution in [3.05, 3.63) is 35.9 Å². The molecule has 4 heteroatoms. The summed E-state index contributed by atoms with van der Waals surface area (Å²) >= 11 is 0. The lowest BCUT2D eigenvalue weighted by Gasteiger charge is -2.22. The molecule has 0 fully saturated rings. The number of benzene rings is 2. The zero-order valence-corrected chi connectivity index (χ0v) is 11.7. The van der Waals surface area contributed by atoms with Crippen molar-refractivity contribution in [2.24, 2.45) is 0 Å². The van der Waals surface area contributed by atoms with E-state index in [-0.39, 0.29) is 28.4 Å². The quantitative estimate of drug-likeness (QED) is 0.600. The van der Waals surface area contributed by atoms with Gasteiger partial charge in [-0.3, -0.25) is 0 Å². The molecular weight excluding hydrogens is 256 g/mol. The first-order chi connectivity index (χ1) is 9.20. The summed E-state index contributed by atoms with van der Waals surface area (Å²) in [4.78, 5) is 0. The predicted molar refractivity (Wildman–Crippen MR) is 77.2 cm³/mol. The lowest BCUT2D eigenvalue weighted by molar-refractivity contribution is 0.389. The standard InChI is InChI=1S/C16H18O4/c1-16(2,3)11-6-10(8-14(19)15(11)20)9-4-5-12(17)13(18)7-9/h4-8,17-20H,1-3H3. The largest absolute Gasteiger partial charge is 0.504 e. The maximum atomic E-state index is 9.96. The summed E-state index contributed by atoms with van der Waals surface area (Å²) in [5.74, 6) is -0.774. The van der Waals surface area contributed by atoms with Gasteiger partial charge in [0.2, 0.25) is 0 Å². The van der Waals surface area contributed by atoms with Gasteiger partial charge in [0.1, 0.15) is 0 Å². The minimum Gasteiger partial charge on any atom is -0.504 e. The molecule has 106 valence electrons. The van der Waals surface area contributed by atoms with Gasteiger partial charge in [-0.15, -0.1) is 0 Å². The normalized spacial score (nSPS) is 11.6. The van der Waals surface area contributed by atoms with Crippen LogP contribution in [0.1, 0.15) is 26.3 Å². The predicted octanol–water partition coefficient (Wildman–Crippen LogP) is 3.47. The third kappa shape index (κ3) is 2.50. The van der Waals surface area contributed by atoms with E-state index in [4.69, 9.17) is 0 Å².